The molecule has 1 atom stereocenters. The molecule has 2 aromatic rings. The number of likely N-dealkylation sites (N-methyl/N-ethyl adjacent to an activating group) is 1. The molecule has 0 aromatic heterocycles. The Morgan fingerprint density at radius 1 is 1.19 bits per heavy atom. The number of aryl methyl sites for hydroxylation is 1. The molecule has 0 radical (unpaired) electrons. The molecule has 1 unspecified atom stereocenters. The van der Waals surface area contributed by atoms with E-state index >= 15 is 0 Å². The highest BCUT2D eigenvalue weighted by Gasteiger charge is 2.29. The molecule has 3 rings (SSSR count). The van der Waals surface area contributed by atoms with Crippen molar-refractivity contribution in [3.63, 3.8) is 0 Å². The second kappa shape index (κ2) is 5.58. The van der Waals surface area contributed by atoms with Crippen LogP contribution in [-0.4, -0.2) is 12.5 Å². The Kier molecular flexibility index (Phi) is 3.62. The van der Waals surface area contributed by atoms with Crippen molar-refractivity contribution in [2.75, 3.05) is 11.9 Å². The van der Waals surface area contributed by atoms with Gasteiger partial charge in [-0.15, -0.1) is 0 Å². The zero-order chi connectivity index (χ0) is 14.8. The van der Waals surface area contributed by atoms with Gasteiger partial charge in [-0.05, 0) is 37.2 Å². The molecule has 21 heavy (non-hydrogen) atoms. The van der Waals surface area contributed by atoms with E-state index in [1.165, 1.54) is 0 Å². The summed E-state index contributed by atoms with van der Waals surface area (Å²) in [6.07, 6.45) is 0. The predicted molar refractivity (Wildman–Crippen MR) is 82.7 cm³/mol. The van der Waals surface area contributed by atoms with E-state index < -0.39 is 0 Å². The van der Waals surface area contributed by atoms with E-state index in [0.29, 0.717) is 0 Å². The molecule has 1 aliphatic heterocycles. The third-order valence-electron chi connectivity index (χ3n) is 3.49. The summed E-state index contributed by atoms with van der Waals surface area (Å²) >= 11 is 0. The smallest absolute Gasteiger partial charge is 0.246 e. The number of fused-ring (bicyclic) bond motifs is 1. The van der Waals surface area contributed by atoms with Crippen LogP contribution in [0.4, 0.5) is 5.69 Å². The maximum atomic E-state index is 11.9. The maximum Gasteiger partial charge on any atom is 0.246 e. The molecular weight excluding hydrogens is 264 g/mol. The number of ether oxygens (including phenoxy) is 1. The third-order valence-corrected chi connectivity index (χ3v) is 3.49. The van der Waals surface area contributed by atoms with E-state index in [4.69, 9.17) is 4.74 Å². The number of nitrogens with one attached hydrogen (secondary N) is 2. The van der Waals surface area contributed by atoms with E-state index in [9.17, 15) is 4.79 Å². The molecule has 0 aliphatic carbocycles. The van der Waals surface area contributed by atoms with Gasteiger partial charge in [-0.1, -0.05) is 25.1 Å². The van der Waals surface area contributed by atoms with Gasteiger partial charge in [-0.3, -0.25) is 4.79 Å². The molecule has 2 N–H and O–H groups in total. The summed E-state index contributed by atoms with van der Waals surface area (Å²) in [6, 6.07) is 13.3. The van der Waals surface area contributed by atoms with Crippen LogP contribution in [0.2, 0.25) is 0 Å². The van der Waals surface area contributed by atoms with Gasteiger partial charge in [0.25, 0.3) is 0 Å². The van der Waals surface area contributed by atoms with Crippen LogP contribution in [0.1, 0.15) is 24.1 Å². The lowest BCUT2D eigenvalue weighted by Crippen LogP contribution is -2.27. The van der Waals surface area contributed by atoms with Crippen LogP contribution in [-0.2, 0) is 4.79 Å². The standard InChI is InChI=1S/C17H18N2O2/c1-3-18-16-14-8-7-13(10-15(14)19-17(16)20)21-12-6-4-5-11(2)9-12/h4-10,16,18H,3H2,1-2H3,(H,19,20). The minimum atomic E-state index is -0.266. The van der Waals surface area contributed by atoms with E-state index in [0.717, 1.165) is 34.9 Å². The molecule has 1 heterocycles. The first-order valence-corrected chi connectivity index (χ1v) is 7.10. The normalized spacial score (nSPS) is 16.5. The monoisotopic (exact) mass is 282 g/mol. The number of carbonyl (C=O) groups excluding carboxylic acids is 1. The summed E-state index contributed by atoms with van der Waals surface area (Å²) in [7, 11) is 0. The maximum absolute atomic E-state index is 11.9. The van der Waals surface area contributed by atoms with Gasteiger partial charge in [-0.2, -0.15) is 0 Å². The van der Waals surface area contributed by atoms with Crippen LogP contribution < -0.4 is 15.4 Å². The van der Waals surface area contributed by atoms with E-state index in [-0.39, 0.29) is 11.9 Å². The molecule has 4 nitrogen and oxygen atoms in total. The Hall–Kier alpha value is -2.33. The van der Waals surface area contributed by atoms with Gasteiger partial charge in [0.2, 0.25) is 5.91 Å². The van der Waals surface area contributed by atoms with Crippen LogP contribution in [0.3, 0.4) is 0 Å². The summed E-state index contributed by atoms with van der Waals surface area (Å²) in [5.74, 6) is 1.50. The van der Waals surface area contributed by atoms with Crippen LogP contribution in [0.15, 0.2) is 42.5 Å². The van der Waals surface area contributed by atoms with Crippen molar-refractivity contribution >= 4 is 11.6 Å². The van der Waals surface area contributed by atoms with Crippen LogP contribution >= 0.6 is 0 Å². The van der Waals surface area contributed by atoms with Crippen LogP contribution in [0.25, 0.3) is 0 Å². The fourth-order valence-corrected chi connectivity index (χ4v) is 2.53. The molecule has 0 spiro atoms. The molecule has 4 heteroatoms. The summed E-state index contributed by atoms with van der Waals surface area (Å²) in [5, 5.41) is 6.06. The lowest BCUT2D eigenvalue weighted by atomic mass is 10.1. The largest absolute Gasteiger partial charge is 0.457 e. The Morgan fingerprint density at radius 3 is 2.76 bits per heavy atom. The number of benzene rings is 2. The van der Waals surface area contributed by atoms with Gasteiger partial charge < -0.3 is 15.4 Å². The number of anilines is 1. The molecule has 0 saturated carbocycles. The van der Waals surface area contributed by atoms with Crippen molar-refractivity contribution in [2.45, 2.75) is 19.9 Å². The zero-order valence-corrected chi connectivity index (χ0v) is 12.1. The van der Waals surface area contributed by atoms with Crippen molar-refractivity contribution in [2.24, 2.45) is 0 Å². The third kappa shape index (κ3) is 2.76. The lowest BCUT2D eigenvalue weighted by molar-refractivity contribution is -0.117. The van der Waals surface area contributed by atoms with Crippen molar-refractivity contribution in [3.05, 3.63) is 53.6 Å². The first-order chi connectivity index (χ1) is 10.2. The molecule has 0 bridgehead atoms. The molecule has 108 valence electrons. The Bertz CT molecular complexity index is 682. The highest BCUT2D eigenvalue weighted by Crippen LogP contribution is 2.35. The van der Waals surface area contributed by atoms with Crippen molar-refractivity contribution in [1.82, 2.24) is 5.32 Å². The number of amides is 1. The Morgan fingerprint density at radius 2 is 2.00 bits per heavy atom. The number of rotatable bonds is 4. The minimum Gasteiger partial charge on any atom is -0.457 e. The van der Waals surface area contributed by atoms with Gasteiger partial charge in [0.1, 0.15) is 17.5 Å². The fourth-order valence-electron chi connectivity index (χ4n) is 2.53. The minimum absolute atomic E-state index is 0.0143. The fraction of sp³-hybridized carbons (Fsp3) is 0.235. The zero-order valence-electron chi connectivity index (χ0n) is 12.1. The molecular formula is C17H18N2O2. The second-order valence-electron chi connectivity index (χ2n) is 5.15. The summed E-state index contributed by atoms with van der Waals surface area (Å²) in [6.45, 7) is 4.76. The second-order valence-corrected chi connectivity index (χ2v) is 5.15. The molecule has 1 amide bonds. The first-order valence-electron chi connectivity index (χ1n) is 7.10. The van der Waals surface area contributed by atoms with Crippen molar-refractivity contribution < 1.29 is 9.53 Å². The van der Waals surface area contributed by atoms with Crippen LogP contribution in [0, 0.1) is 6.92 Å². The molecule has 0 saturated heterocycles. The Balaban J connectivity index is 1.84. The van der Waals surface area contributed by atoms with E-state index in [1.807, 2.05) is 56.3 Å². The lowest BCUT2D eigenvalue weighted by Gasteiger charge is -2.10. The number of carbonyl (C=O) groups is 1. The Labute approximate surface area is 124 Å². The molecule has 2 aromatic carbocycles. The highest BCUT2D eigenvalue weighted by atomic mass is 16.5. The number of hydrogen-bond donors (Lipinski definition) is 2. The van der Waals surface area contributed by atoms with Gasteiger partial charge in [0.05, 0.1) is 0 Å². The highest BCUT2D eigenvalue weighted by molar-refractivity contribution is 6.02. The average molecular weight is 282 g/mol. The summed E-state index contributed by atoms with van der Waals surface area (Å²) < 4.78 is 5.84. The molecule has 1 aliphatic rings. The van der Waals surface area contributed by atoms with Gasteiger partial charge in [0, 0.05) is 17.3 Å². The SMILES string of the molecule is CCNC1C(=O)Nc2cc(Oc3cccc(C)c3)ccc21. The predicted octanol–water partition coefficient (Wildman–Crippen LogP) is 3.39. The molecule has 0 fully saturated rings. The van der Waals surface area contributed by atoms with E-state index in [1.54, 1.807) is 0 Å². The van der Waals surface area contributed by atoms with Crippen molar-refractivity contribution in [1.29, 1.82) is 0 Å². The van der Waals surface area contributed by atoms with Gasteiger partial charge in [-0.25, -0.2) is 0 Å². The topological polar surface area (TPSA) is 50.4 Å². The van der Waals surface area contributed by atoms with Gasteiger partial charge in [0.15, 0.2) is 0 Å². The average Bonchev–Trinajstić information content (AvgIpc) is 2.75. The summed E-state index contributed by atoms with van der Waals surface area (Å²) in [5.41, 5.74) is 2.93. The quantitative estimate of drug-likeness (QED) is 0.903. The van der Waals surface area contributed by atoms with Gasteiger partial charge >= 0.3 is 0 Å². The van der Waals surface area contributed by atoms with Crippen LogP contribution in [0.5, 0.6) is 11.5 Å². The van der Waals surface area contributed by atoms with Crippen molar-refractivity contribution in [3.8, 4) is 11.5 Å². The number of hydrogen-bond acceptors (Lipinski definition) is 3. The summed E-state index contributed by atoms with van der Waals surface area (Å²) in [4.78, 5) is 11.9. The van der Waals surface area contributed by atoms with E-state index in [2.05, 4.69) is 10.6 Å². The first kappa shape index (κ1) is 13.6.